The molecule has 0 radical (unpaired) electrons. The maximum absolute atomic E-state index is 12.4. The summed E-state index contributed by atoms with van der Waals surface area (Å²) in [5.41, 5.74) is 0.159. The van der Waals surface area contributed by atoms with Gasteiger partial charge in [-0.15, -0.1) is 11.6 Å². The lowest BCUT2D eigenvalue weighted by atomic mass is 10.1. The van der Waals surface area contributed by atoms with Crippen molar-refractivity contribution in [1.82, 2.24) is 0 Å². The Morgan fingerprint density at radius 1 is 1.23 bits per heavy atom. The second kappa shape index (κ2) is 4.14. The summed E-state index contributed by atoms with van der Waals surface area (Å²) in [4.78, 5) is 22.0. The van der Waals surface area contributed by atoms with Crippen molar-refractivity contribution in [3.8, 4) is 0 Å². The van der Waals surface area contributed by atoms with Gasteiger partial charge in [0, 0.05) is 5.56 Å². The first-order valence-corrected chi connectivity index (χ1v) is 4.07. The predicted octanol–water partition coefficient (Wildman–Crippen LogP) is 1.82. The van der Waals surface area contributed by atoms with Crippen LogP contribution in [-0.4, -0.2) is 17.4 Å². The standard InChI is InChI=1S/C9H6ClFO2/c10-5-8(12)9(13)6-1-3-7(11)4-2-6/h1-4H,5H2. The molecule has 4 heteroatoms. The molecule has 0 heterocycles. The van der Waals surface area contributed by atoms with Gasteiger partial charge in [0.15, 0.2) is 0 Å². The zero-order valence-corrected chi connectivity index (χ0v) is 7.34. The molecule has 0 fully saturated rings. The minimum atomic E-state index is -0.687. The average Bonchev–Trinajstić information content (AvgIpc) is 2.17. The van der Waals surface area contributed by atoms with Crippen LogP contribution >= 0.6 is 11.6 Å². The summed E-state index contributed by atoms with van der Waals surface area (Å²) < 4.78 is 12.4. The number of carbonyl (C=O) groups is 2. The lowest BCUT2D eigenvalue weighted by Gasteiger charge is -1.96. The van der Waals surface area contributed by atoms with Crippen molar-refractivity contribution in [1.29, 1.82) is 0 Å². The van der Waals surface area contributed by atoms with Crippen molar-refractivity contribution in [3.05, 3.63) is 35.6 Å². The van der Waals surface area contributed by atoms with Gasteiger partial charge >= 0.3 is 0 Å². The predicted molar refractivity (Wildman–Crippen MR) is 46.5 cm³/mol. The highest BCUT2D eigenvalue weighted by molar-refractivity contribution is 6.51. The molecule has 68 valence electrons. The zero-order valence-electron chi connectivity index (χ0n) is 6.59. The highest BCUT2D eigenvalue weighted by Crippen LogP contribution is 2.04. The lowest BCUT2D eigenvalue weighted by Crippen LogP contribution is -2.15. The molecule has 1 aromatic rings. The van der Waals surface area contributed by atoms with Gasteiger partial charge in [0.1, 0.15) is 5.82 Å². The van der Waals surface area contributed by atoms with E-state index in [-0.39, 0.29) is 11.4 Å². The molecule has 0 aliphatic heterocycles. The number of ketones is 2. The van der Waals surface area contributed by atoms with Crippen molar-refractivity contribution in [2.75, 3.05) is 5.88 Å². The van der Waals surface area contributed by atoms with Crippen LogP contribution in [0.15, 0.2) is 24.3 Å². The maximum atomic E-state index is 12.4. The van der Waals surface area contributed by atoms with Crippen molar-refractivity contribution >= 4 is 23.2 Å². The molecule has 0 saturated carbocycles. The molecule has 1 rings (SSSR count). The Balaban J connectivity index is 2.90. The molecule has 0 unspecified atom stereocenters. The zero-order chi connectivity index (χ0) is 9.84. The molecule has 0 amide bonds. The van der Waals surface area contributed by atoms with E-state index in [1.807, 2.05) is 0 Å². The fourth-order valence-electron chi connectivity index (χ4n) is 0.823. The van der Waals surface area contributed by atoms with Gasteiger partial charge in [-0.2, -0.15) is 0 Å². The van der Waals surface area contributed by atoms with Crippen LogP contribution in [0.25, 0.3) is 0 Å². The summed E-state index contributed by atoms with van der Waals surface area (Å²) in [5.74, 6) is -2.17. The van der Waals surface area contributed by atoms with E-state index in [0.29, 0.717) is 0 Å². The second-order valence-electron chi connectivity index (χ2n) is 2.39. The van der Waals surface area contributed by atoms with Gasteiger partial charge in [-0.3, -0.25) is 9.59 Å². The maximum Gasteiger partial charge on any atom is 0.229 e. The molecule has 0 N–H and O–H groups in total. The van der Waals surface area contributed by atoms with Gasteiger partial charge in [0.05, 0.1) is 5.88 Å². The summed E-state index contributed by atoms with van der Waals surface area (Å²) in [7, 11) is 0. The largest absolute Gasteiger partial charge is 0.289 e. The molecular formula is C9H6ClFO2. The Kier molecular flexibility index (Phi) is 3.14. The first kappa shape index (κ1) is 9.86. The summed E-state index contributed by atoms with van der Waals surface area (Å²) in [6.45, 7) is 0. The van der Waals surface area contributed by atoms with Crippen LogP contribution in [0.1, 0.15) is 10.4 Å². The Labute approximate surface area is 79.3 Å². The van der Waals surface area contributed by atoms with E-state index < -0.39 is 17.4 Å². The van der Waals surface area contributed by atoms with E-state index in [1.165, 1.54) is 12.1 Å². The van der Waals surface area contributed by atoms with E-state index in [4.69, 9.17) is 11.6 Å². The van der Waals surface area contributed by atoms with Gasteiger partial charge in [0.2, 0.25) is 11.6 Å². The summed E-state index contributed by atoms with van der Waals surface area (Å²) in [5, 5.41) is 0. The van der Waals surface area contributed by atoms with Crippen LogP contribution in [0.5, 0.6) is 0 Å². The van der Waals surface area contributed by atoms with Crippen molar-refractivity contribution in [2.45, 2.75) is 0 Å². The van der Waals surface area contributed by atoms with E-state index in [0.717, 1.165) is 12.1 Å². The van der Waals surface area contributed by atoms with Crippen LogP contribution in [0.2, 0.25) is 0 Å². The number of rotatable bonds is 3. The third-order valence-electron chi connectivity index (χ3n) is 1.48. The molecule has 1 aromatic carbocycles. The summed E-state index contributed by atoms with van der Waals surface area (Å²) in [6, 6.07) is 4.74. The number of hydrogen-bond donors (Lipinski definition) is 0. The second-order valence-corrected chi connectivity index (χ2v) is 2.66. The Morgan fingerprint density at radius 3 is 2.23 bits per heavy atom. The first-order valence-electron chi connectivity index (χ1n) is 3.54. The fraction of sp³-hybridized carbons (Fsp3) is 0.111. The van der Waals surface area contributed by atoms with Crippen LogP contribution in [0.4, 0.5) is 4.39 Å². The molecule has 2 nitrogen and oxygen atoms in total. The van der Waals surface area contributed by atoms with Gasteiger partial charge in [-0.1, -0.05) is 0 Å². The Morgan fingerprint density at radius 2 is 1.77 bits per heavy atom. The minimum absolute atomic E-state index is 0.159. The van der Waals surface area contributed by atoms with Gasteiger partial charge in [-0.25, -0.2) is 4.39 Å². The Hall–Kier alpha value is -1.22. The highest BCUT2D eigenvalue weighted by Gasteiger charge is 2.14. The fourth-order valence-corrected chi connectivity index (χ4v) is 0.944. The number of Topliss-reactive ketones (excluding diaryl/α,β-unsaturated/α-hetero) is 2. The third-order valence-corrected chi connectivity index (χ3v) is 1.72. The smallest absolute Gasteiger partial charge is 0.229 e. The summed E-state index contributed by atoms with van der Waals surface area (Å²) >= 11 is 5.18. The van der Waals surface area contributed by atoms with E-state index >= 15 is 0 Å². The van der Waals surface area contributed by atoms with Crippen molar-refractivity contribution in [3.63, 3.8) is 0 Å². The van der Waals surface area contributed by atoms with Gasteiger partial charge in [0.25, 0.3) is 0 Å². The number of alkyl halides is 1. The molecule has 0 aliphatic carbocycles. The molecule has 0 spiro atoms. The van der Waals surface area contributed by atoms with Crippen LogP contribution in [0.3, 0.4) is 0 Å². The minimum Gasteiger partial charge on any atom is -0.289 e. The quantitative estimate of drug-likeness (QED) is 0.424. The van der Waals surface area contributed by atoms with E-state index in [2.05, 4.69) is 0 Å². The number of halogens is 2. The molecule has 13 heavy (non-hydrogen) atoms. The Bertz CT molecular complexity index is 332. The van der Waals surface area contributed by atoms with Gasteiger partial charge < -0.3 is 0 Å². The molecule has 0 bridgehead atoms. The van der Waals surface area contributed by atoms with Crippen LogP contribution in [-0.2, 0) is 4.79 Å². The van der Waals surface area contributed by atoms with Crippen LogP contribution in [0, 0.1) is 5.82 Å². The molecule has 0 aliphatic rings. The van der Waals surface area contributed by atoms with E-state index in [9.17, 15) is 14.0 Å². The molecule has 0 aromatic heterocycles. The molecule has 0 atom stereocenters. The summed E-state index contributed by atoms with van der Waals surface area (Å²) in [6.07, 6.45) is 0. The van der Waals surface area contributed by atoms with Crippen LogP contribution < -0.4 is 0 Å². The number of hydrogen-bond acceptors (Lipinski definition) is 2. The first-order chi connectivity index (χ1) is 6.15. The monoisotopic (exact) mass is 200 g/mol. The topological polar surface area (TPSA) is 34.1 Å². The number of carbonyl (C=O) groups excluding carboxylic acids is 2. The SMILES string of the molecule is O=C(CCl)C(=O)c1ccc(F)cc1. The van der Waals surface area contributed by atoms with Gasteiger partial charge in [-0.05, 0) is 24.3 Å². The number of benzene rings is 1. The third kappa shape index (κ3) is 2.36. The lowest BCUT2D eigenvalue weighted by molar-refractivity contribution is -0.112. The van der Waals surface area contributed by atoms with E-state index in [1.54, 1.807) is 0 Å². The van der Waals surface area contributed by atoms with Crippen molar-refractivity contribution < 1.29 is 14.0 Å². The van der Waals surface area contributed by atoms with Crippen molar-refractivity contribution in [2.24, 2.45) is 0 Å². The normalized spacial score (nSPS) is 9.69. The average molecular weight is 201 g/mol. The molecular weight excluding hydrogens is 195 g/mol. The highest BCUT2D eigenvalue weighted by atomic mass is 35.5. The molecule has 0 saturated heterocycles.